The van der Waals surface area contributed by atoms with Crippen molar-refractivity contribution >= 4 is 11.3 Å². The molecule has 2 aromatic rings. The summed E-state index contributed by atoms with van der Waals surface area (Å²) in [6.07, 6.45) is 12.4. The number of aliphatic hydroxyl groups excluding tert-OH is 1. The molecule has 22 heavy (non-hydrogen) atoms. The van der Waals surface area contributed by atoms with E-state index in [1.54, 1.807) is 0 Å². The SMILES string of the molecule is CCCCc1ccc(-c2nccn2[C@@H]2CCC[C@H](CO)C2)s1. The molecule has 0 aliphatic heterocycles. The van der Waals surface area contributed by atoms with Crippen molar-refractivity contribution in [3.63, 3.8) is 0 Å². The fraction of sp³-hybridized carbons (Fsp3) is 0.611. The van der Waals surface area contributed by atoms with E-state index in [-0.39, 0.29) is 0 Å². The van der Waals surface area contributed by atoms with E-state index in [0.29, 0.717) is 18.6 Å². The first-order valence-electron chi connectivity index (χ1n) is 8.54. The van der Waals surface area contributed by atoms with Crippen LogP contribution >= 0.6 is 11.3 Å². The Morgan fingerprint density at radius 1 is 1.36 bits per heavy atom. The highest BCUT2D eigenvalue weighted by atomic mass is 32.1. The molecule has 0 radical (unpaired) electrons. The van der Waals surface area contributed by atoms with Gasteiger partial charge in [0.05, 0.1) is 4.88 Å². The van der Waals surface area contributed by atoms with Crippen LogP contribution in [0.2, 0.25) is 0 Å². The molecule has 4 heteroatoms. The van der Waals surface area contributed by atoms with E-state index in [1.165, 1.54) is 41.9 Å². The molecule has 1 aliphatic carbocycles. The first-order chi connectivity index (χ1) is 10.8. The van der Waals surface area contributed by atoms with Crippen LogP contribution in [0.5, 0.6) is 0 Å². The van der Waals surface area contributed by atoms with Crippen LogP contribution in [0.25, 0.3) is 10.7 Å². The Morgan fingerprint density at radius 2 is 2.27 bits per heavy atom. The second-order valence-electron chi connectivity index (χ2n) is 6.40. The Kier molecular flexibility index (Phi) is 5.32. The van der Waals surface area contributed by atoms with Crippen molar-refractivity contribution in [1.82, 2.24) is 9.55 Å². The van der Waals surface area contributed by atoms with E-state index in [1.807, 2.05) is 17.5 Å². The number of unbranched alkanes of at least 4 members (excludes halogenated alkanes) is 1. The third-order valence-electron chi connectivity index (χ3n) is 4.73. The minimum absolute atomic E-state index is 0.320. The molecule has 0 amide bonds. The van der Waals surface area contributed by atoms with Gasteiger partial charge in [0.25, 0.3) is 0 Å². The highest BCUT2D eigenvalue weighted by molar-refractivity contribution is 7.15. The van der Waals surface area contributed by atoms with Crippen LogP contribution in [0.3, 0.4) is 0 Å². The lowest BCUT2D eigenvalue weighted by Gasteiger charge is -2.29. The molecule has 3 nitrogen and oxygen atoms in total. The molecule has 1 N–H and O–H groups in total. The fourth-order valence-corrected chi connectivity index (χ4v) is 4.51. The number of aliphatic hydroxyl groups is 1. The van der Waals surface area contributed by atoms with E-state index in [9.17, 15) is 5.11 Å². The number of imidazole rings is 1. The van der Waals surface area contributed by atoms with Crippen molar-refractivity contribution < 1.29 is 5.11 Å². The first kappa shape index (κ1) is 15.8. The Labute approximate surface area is 137 Å². The van der Waals surface area contributed by atoms with E-state index in [4.69, 9.17) is 0 Å². The zero-order valence-electron chi connectivity index (χ0n) is 13.4. The van der Waals surface area contributed by atoms with Crippen LogP contribution in [0.1, 0.15) is 56.4 Å². The molecule has 2 heterocycles. The molecule has 0 spiro atoms. The van der Waals surface area contributed by atoms with Crippen molar-refractivity contribution in [3.05, 3.63) is 29.4 Å². The minimum atomic E-state index is 0.320. The first-order valence-corrected chi connectivity index (χ1v) is 9.36. The minimum Gasteiger partial charge on any atom is -0.396 e. The summed E-state index contributed by atoms with van der Waals surface area (Å²) in [6.45, 7) is 2.56. The largest absolute Gasteiger partial charge is 0.396 e. The number of rotatable bonds is 6. The maximum absolute atomic E-state index is 9.46. The molecule has 0 bridgehead atoms. The zero-order valence-corrected chi connectivity index (χ0v) is 14.2. The molecule has 1 saturated carbocycles. The van der Waals surface area contributed by atoms with Crippen LogP contribution in [0.4, 0.5) is 0 Å². The van der Waals surface area contributed by atoms with E-state index in [2.05, 4.69) is 34.8 Å². The molecular weight excluding hydrogens is 292 g/mol. The topological polar surface area (TPSA) is 38.0 Å². The predicted octanol–water partition coefficient (Wildman–Crippen LogP) is 4.68. The van der Waals surface area contributed by atoms with E-state index < -0.39 is 0 Å². The Hall–Kier alpha value is -1.13. The average molecular weight is 318 g/mol. The maximum Gasteiger partial charge on any atom is 0.150 e. The molecule has 0 saturated heterocycles. The molecule has 2 aromatic heterocycles. The van der Waals surface area contributed by atoms with Gasteiger partial charge in [-0.1, -0.05) is 19.8 Å². The number of thiophene rings is 1. The van der Waals surface area contributed by atoms with Gasteiger partial charge >= 0.3 is 0 Å². The van der Waals surface area contributed by atoms with Gasteiger partial charge in [0.1, 0.15) is 5.82 Å². The average Bonchev–Trinajstić information content (AvgIpc) is 3.21. The molecule has 1 fully saturated rings. The van der Waals surface area contributed by atoms with Crippen molar-refractivity contribution in [3.8, 4) is 10.7 Å². The van der Waals surface area contributed by atoms with Gasteiger partial charge in [-0.3, -0.25) is 0 Å². The standard InChI is InChI=1S/C18H26N2OS/c1-2-3-7-16-8-9-17(22-16)18-19-10-11-20(18)15-6-4-5-14(12-15)13-21/h8-11,14-15,21H,2-7,12-13H2,1H3/t14-,15+/m0/s1. The second kappa shape index (κ2) is 7.42. The molecule has 0 unspecified atom stereocenters. The maximum atomic E-state index is 9.46. The van der Waals surface area contributed by atoms with Crippen molar-refractivity contribution in [2.24, 2.45) is 5.92 Å². The molecule has 1 aliphatic rings. The van der Waals surface area contributed by atoms with E-state index in [0.717, 1.165) is 18.7 Å². The van der Waals surface area contributed by atoms with Gasteiger partial charge < -0.3 is 9.67 Å². The summed E-state index contributed by atoms with van der Waals surface area (Å²) in [5.74, 6) is 1.56. The van der Waals surface area contributed by atoms with Crippen molar-refractivity contribution in [2.75, 3.05) is 6.61 Å². The summed E-state index contributed by atoms with van der Waals surface area (Å²) < 4.78 is 2.34. The summed E-state index contributed by atoms with van der Waals surface area (Å²) in [5, 5.41) is 9.46. The van der Waals surface area contributed by atoms with Gasteiger partial charge in [-0.05, 0) is 50.2 Å². The quantitative estimate of drug-likeness (QED) is 0.840. The lowest BCUT2D eigenvalue weighted by molar-refractivity contribution is 0.163. The number of nitrogens with zero attached hydrogens (tertiary/aromatic N) is 2. The van der Waals surface area contributed by atoms with Crippen LogP contribution in [-0.4, -0.2) is 21.3 Å². The van der Waals surface area contributed by atoms with Gasteiger partial charge in [-0.15, -0.1) is 11.3 Å². The summed E-state index contributed by atoms with van der Waals surface area (Å²) in [5.41, 5.74) is 0. The second-order valence-corrected chi connectivity index (χ2v) is 7.56. The lowest BCUT2D eigenvalue weighted by Crippen LogP contribution is -2.21. The van der Waals surface area contributed by atoms with Crippen LogP contribution < -0.4 is 0 Å². The Morgan fingerprint density at radius 3 is 3.09 bits per heavy atom. The van der Waals surface area contributed by atoms with Gasteiger partial charge in [0.2, 0.25) is 0 Å². The number of hydrogen-bond acceptors (Lipinski definition) is 3. The van der Waals surface area contributed by atoms with Crippen molar-refractivity contribution in [1.29, 1.82) is 0 Å². The Balaban J connectivity index is 1.78. The summed E-state index contributed by atoms with van der Waals surface area (Å²) >= 11 is 1.88. The predicted molar refractivity (Wildman–Crippen MR) is 92.2 cm³/mol. The Bertz CT molecular complexity index is 589. The van der Waals surface area contributed by atoms with Gasteiger partial charge in [-0.2, -0.15) is 0 Å². The number of aromatic nitrogens is 2. The number of aryl methyl sites for hydroxylation is 1. The normalized spacial score (nSPS) is 22.1. The zero-order chi connectivity index (χ0) is 15.4. The summed E-state index contributed by atoms with van der Waals surface area (Å²) in [6, 6.07) is 4.97. The van der Waals surface area contributed by atoms with Gasteiger partial charge in [-0.25, -0.2) is 4.98 Å². The highest BCUT2D eigenvalue weighted by Gasteiger charge is 2.24. The number of hydrogen-bond donors (Lipinski definition) is 1. The molecule has 2 atom stereocenters. The third kappa shape index (κ3) is 3.44. The van der Waals surface area contributed by atoms with Crippen molar-refractivity contribution in [2.45, 2.75) is 57.9 Å². The smallest absolute Gasteiger partial charge is 0.150 e. The van der Waals surface area contributed by atoms with Gasteiger partial charge in [0.15, 0.2) is 0 Å². The summed E-state index contributed by atoms with van der Waals surface area (Å²) in [4.78, 5) is 7.36. The van der Waals surface area contributed by atoms with Crippen LogP contribution in [-0.2, 0) is 6.42 Å². The fourth-order valence-electron chi connectivity index (χ4n) is 3.46. The summed E-state index contributed by atoms with van der Waals surface area (Å²) in [7, 11) is 0. The van der Waals surface area contributed by atoms with Crippen LogP contribution in [0, 0.1) is 5.92 Å². The third-order valence-corrected chi connectivity index (χ3v) is 5.88. The highest BCUT2D eigenvalue weighted by Crippen LogP contribution is 2.36. The lowest BCUT2D eigenvalue weighted by atomic mass is 9.86. The molecule has 0 aromatic carbocycles. The monoisotopic (exact) mass is 318 g/mol. The molecule has 3 rings (SSSR count). The molecule has 120 valence electrons. The van der Waals surface area contributed by atoms with Crippen LogP contribution in [0.15, 0.2) is 24.5 Å². The van der Waals surface area contributed by atoms with E-state index >= 15 is 0 Å². The molecular formula is C18H26N2OS. The van der Waals surface area contributed by atoms with Gasteiger partial charge in [0, 0.05) is 29.9 Å².